The van der Waals surface area contributed by atoms with Crippen LogP contribution >= 0.6 is 0 Å². The zero-order chi connectivity index (χ0) is 43.0. The number of piperazine rings is 1. The second kappa shape index (κ2) is 15.7. The van der Waals surface area contributed by atoms with Gasteiger partial charge in [0.25, 0.3) is 5.91 Å². The van der Waals surface area contributed by atoms with Gasteiger partial charge in [0.1, 0.15) is 34.9 Å². The molecule has 5 aliphatic heterocycles. The molecule has 10 rings (SSSR count). The van der Waals surface area contributed by atoms with Crippen LogP contribution in [-0.4, -0.2) is 140 Å². The highest BCUT2D eigenvalue weighted by molar-refractivity contribution is 5.99. The lowest BCUT2D eigenvalue weighted by Crippen LogP contribution is -2.63. The molecule has 0 bridgehead atoms. The number of alkyl halides is 1. The summed E-state index contributed by atoms with van der Waals surface area (Å²) in [6.45, 7) is 12.1. The van der Waals surface area contributed by atoms with Crippen molar-refractivity contribution in [2.75, 3.05) is 68.7 Å². The van der Waals surface area contributed by atoms with Gasteiger partial charge in [0.05, 0.1) is 29.5 Å². The van der Waals surface area contributed by atoms with Gasteiger partial charge in [-0.2, -0.15) is 5.10 Å². The number of ether oxygens (including phenoxy) is 1. The number of halogens is 2. The lowest BCUT2D eigenvalue weighted by Gasteiger charge is -2.45. The normalized spacial score (nSPS) is 26.8. The number of likely N-dealkylation sites (tertiary alicyclic amines) is 1. The van der Waals surface area contributed by atoms with Crippen LogP contribution in [0.15, 0.2) is 42.7 Å². The van der Waals surface area contributed by atoms with Crippen molar-refractivity contribution in [2.45, 2.75) is 108 Å². The molecule has 2 amide bonds. The van der Waals surface area contributed by atoms with E-state index in [1.165, 1.54) is 11.8 Å². The molecule has 62 heavy (non-hydrogen) atoms. The molecular weight excluding hydrogens is 795 g/mol. The van der Waals surface area contributed by atoms with Crippen LogP contribution in [0.1, 0.15) is 90.9 Å². The molecule has 2 aromatic carbocycles. The third-order valence-corrected chi connectivity index (χ3v) is 14.6. The molecular formula is C46H62F2N10O4. The topological polar surface area (TPSA) is 146 Å². The van der Waals surface area contributed by atoms with Crippen molar-refractivity contribution in [3.63, 3.8) is 0 Å². The van der Waals surface area contributed by atoms with Crippen LogP contribution in [0.3, 0.4) is 0 Å². The number of fused-ring (bicyclic) bond motifs is 2. The summed E-state index contributed by atoms with van der Waals surface area (Å²) in [5.74, 6) is 1.25. The Kier molecular flexibility index (Phi) is 10.4. The van der Waals surface area contributed by atoms with Gasteiger partial charge in [-0.3, -0.25) is 19.6 Å². The number of rotatable bonds is 10. The Labute approximate surface area is 363 Å². The molecule has 5 fully saturated rings. The summed E-state index contributed by atoms with van der Waals surface area (Å²) in [7, 11) is 0. The van der Waals surface area contributed by atoms with Gasteiger partial charge in [-0.1, -0.05) is 0 Å². The maximum atomic E-state index is 16.5. The lowest BCUT2D eigenvalue weighted by molar-refractivity contribution is -0.139. The highest BCUT2D eigenvalue weighted by Gasteiger charge is 2.47. The number of nitrogens with zero attached hydrogens (tertiary/aromatic N) is 8. The van der Waals surface area contributed by atoms with Crippen molar-refractivity contribution < 1.29 is 31.1 Å². The van der Waals surface area contributed by atoms with Crippen molar-refractivity contribution in [2.24, 2.45) is 5.92 Å². The molecule has 4 saturated heterocycles. The summed E-state index contributed by atoms with van der Waals surface area (Å²) in [5.41, 5.74) is 0.638. The molecule has 0 spiro atoms. The molecule has 1 saturated carbocycles. The number of H-pyrrole nitrogens is 1. The van der Waals surface area contributed by atoms with Crippen molar-refractivity contribution in [1.29, 1.82) is 0 Å². The van der Waals surface area contributed by atoms with Crippen LogP contribution in [0.2, 0.25) is 0 Å². The number of aliphatic hydroxyl groups is 1. The summed E-state index contributed by atoms with van der Waals surface area (Å²) in [4.78, 5) is 45.0. The van der Waals surface area contributed by atoms with E-state index in [9.17, 15) is 14.7 Å². The number of piperidine rings is 3. The SMILES string of the molecule is C[C@H]1CN(CC2(F)CCN(CC3CCN(c4cc(-c5n[nH]c6ccc(OC7(C)CC7)cc56)ncn4)CC3)CC2)CCN1c1ccc2c(c1F)CN(C1CCC(=O)NC1(C)O)C2=O.[HH].[HH]. The van der Waals surface area contributed by atoms with E-state index in [1.54, 1.807) is 18.5 Å². The number of hydrogen-bond donors (Lipinski definition) is 3. The van der Waals surface area contributed by atoms with E-state index in [1.807, 2.05) is 30.0 Å². The van der Waals surface area contributed by atoms with E-state index in [4.69, 9.17) is 4.74 Å². The molecule has 1 aliphatic carbocycles. The first-order valence-corrected chi connectivity index (χ1v) is 22.5. The lowest BCUT2D eigenvalue weighted by atomic mass is 9.90. The first kappa shape index (κ1) is 41.1. The third-order valence-electron chi connectivity index (χ3n) is 14.6. The average Bonchev–Trinajstić information content (AvgIpc) is 3.66. The summed E-state index contributed by atoms with van der Waals surface area (Å²) < 4.78 is 38.9. The minimum Gasteiger partial charge on any atom is -0.488 e. The van der Waals surface area contributed by atoms with E-state index in [0.29, 0.717) is 68.2 Å². The highest BCUT2D eigenvalue weighted by atomic mass is 19.1. The van der Waals surface area contributed by atoms with Crippen LogP contribution < -0.4 is 19.9 Å². The number of nitrogens with one attached hydrogen (secondary N) is 2. The molecule has 2 aromatic heterocycles. The van der Waals surface area contributed by atoms with E-state index in [2.05, 4.69) is 53.2 Å². The summed E-state index contributed by atoms with van der Waals surface area (Å²) in [6, 6.07) is 10.7. The number of carbonyl (C=O) groups excluding carboxylic acids is 2. The Hall–Kier alpha value is -4.93. The van der Waals surface area contributed by atoms with Crippen LogP contribution in [0.4, 0.5) is 20.3 Å². The maximum absolute atomic E-state index is 16.5. The molecule has 7 heterocycles. The van der Waals surface area contributed by atoms with Gasteiger partial charge in [-0.05, 0) is 102 Å². The molecule has 6 aliphatic rings. The Morgan fingerprint density at radius 3 is 2.47 bits per heavy atom. The Bertz CT molecular complexity index is 2370. The fraction of sp³-hybridized carbons (Fsp3) is 0.587. The minimum atomic E-state index is -1.60. The first-order valence-electron chi connectivity index (χ1n) is 22.5. The zero-order valence-electron chi connectivity index (χ0n) is 36.0. The number of benzene rings is 2. The van der Waals surface area contributed by atoms with E-state index < -0.39 is 23.3 Å². The number of aromatic amines is 1. The highest BCUT2D eigenvalue weighted by Crippen LogP contribution is 2.41. The van der Waals surface area contributed by atoms with E-state index >= 15 is 8.78 Å². The number of aromatic nitrogens is 4. The number of amides is 2. The molecule has 0 radical (unpaired) electrons. The summed E-state index contributed by atoms with van der Waals surface area (Å²) >= 11 is 0. The molecule has 4 aromatic rings. The molecule has 334 valence electrons. The average molecular weight is 857 g/mol. The Morgan fingerprint density at radius 1 is 0.935 bits per heavy atom. The molecule has 14 nitrogen and oxygen atoms in total. The first-order chi connectivity index (χ1) is 29.7. The Balaban J connectivity index is 0.00000280. The third kappa shape index (κ3) is 7.98. The quantitative estimate of drug-likeness (QED) is 0.179. The molecule has 3 atom stereocenters. The zero-order valence-corrected chi connectivity index (χ0v) is 36.0. The van der Waals surface area contributed by atoms with Crippen molar-refractivity contribution in [3.8, 4) is 17.1 Å². The van der Waals surface area contributed by atoms with Crippen LogP contribution in [0.25, 0.3) is 22.3 Å². The van der Waals surface area contributed by atoms with Gasteiger partial charge < -0.3 is 34.8 Å². The second-order valence-corrected chi connectivity index (χ2v) is 19.4. The van der Waals surface area contributed by atoms with E-state index in [0.717, 1.165) is 92.3 Å². The van der Waals surface area contributed by atoms with Gasteiger partial charge in [0.2, 0.25) is 5.91 Å². The standard InChI is InChI=1S/C46H58F2N10O4.2H2/c1-29-24-55(20-21-57(29)37-7-5-32-34(41(37)47)26-58(43(32)60)38-8-9-40(59)51-45(38,3)61)27-46(48)14-18-54(19-15-46)25-30-10-16-56(17-11-30)39-23-36(49-28-50-39)42-33-22-31(62-44(2)12-13-44)4-6-35(33)52-53-42;;/h4-7,22-23,28-30,38,61H,8-21,24-27H2,1-3H3,(H,51,59)(H,52,53);2*1H/t29-,38?,45?;;/m0../s1. The van der Waals surface area contributed by atoms with Gasteiger partial charge in [0, 0.05) is 96.8 Å². The van der Waals surface area contributed by atoms with Crippen LogP contribution in [0, 0.1) is 11.7 Å². The summed E-state index contributed by atoms with van der Waals surface area (Å²) in [5, 5.41) is 22.2. The number of anilines is 2. The molecule has 2 unspecified atom stereocenters. The smallest absolute Gasteiger partial charge is 0.255 e. The maximum Gasteiger partial charge on any atom is 0.255 e. The number of carbonyl (C=O) groups is 2. The van der Waals surface area contributed by atoms with Crippen molar-refractivity contribution >= 4 is 34.2 Å². The van der Waals surface area contributed by atoms with Crippen molar-refractivity contribution in [1.82, 2.24) is 40.2 Å². The fourth-order valence-electron chi connectivity index (χ4n) is 10.7. The van der Waals surface area contributed by atoms with Gasteiger partial charge in [0.15, 0.2) is 11.5 Å². The van der Waals surface area contributed by atoms with E-state index in [-0.39, 0.29) is 39.3 Å². The fourth-order valence-corrected chi connectivity index (χ4v) is 10.7. The second-order valence-electron chi connectivity index (χ2n) is 19.4. The van der Waals surface area contributed by atoms with Crippen LogP contribution in [0.5, 0.6) is 5.75 Å². The number of hydrogen-bond acceptors (Lipinski definition) is 11. The molecule has 16 heteroatoms. The predicted molar refractivity (Wildman–Crippen MR) is 235 cm³/mol. The monoisotopic (exact) mass is 856 g/mol. The van der Waals surface area contributed by atoms with Gasteiger partial charge >= 0.3 is 0 Å². The largest absolute Gasteiger partial charge is 0.488 e. The van der Waals surface area contributed by atoms with Crippen LogP contribution in [-0.2, 0) is 11.3 Å². The van der Waals surface area contributed by atoms with Gasteiger partial charge in [-0.25, -0.2) is 18.7 Å². The van der Waals surface area contributed by atoms with Gasteiger partial charge in [-0.15, -0.1) is 0 Å². The summed E-state index contributed by atoms with van der Waals surface area (Å²) in [6.07, 6.45) is 7.35. The molecule has 3 N–H and O–H groups in total. The Morgan fingerprint density at radius 2 is 1.73 bits per heavy atom. The predicted octanol–water partition coefficient (Wildman–Crippen LogP) is 5.76. The van der Waals surface area contributed by atoms with Crippen molar-refractivity contribution in [3.05, 3.63) is 59.7 Å². The minimum absolute atomic E-state index is 0.